The maximum absolute atomic E-state index is 5.94. The first-order valence-corrected chi connectivity index (χ1v) is 6.45. The fraction of sp³-hybridized carbons (Fsp3) is 0.308. The summed E-state index contributed by atoms with van der Waals surface area (Å²) in [7, 11) is 1.83. The highest BCUT2D eigenvalue weighted by Crippen LogP contribution is 2.27. The van der Waals surface area contributed by atoms with Crippen LogP contribution in [0.25, 0.3) is 0 Å². The van der Waals surface area contributed by atoms with E-state index in [0.717, 1.165) is 21.5 Å². The standard InChI is InChI=1S/C13H16BrN3O/c1-8-4-5-12(11(14)6-8)18-7-10-9(2)16-17(3)13(10)15/h4-6H,7,15H2,1-3H3. The van der Waals surface area contributed by atoms with Crippen LogP contribution in [-0.4, -0.2) is 9.78 Å². The number of nitrogen functional groups attached to an aromatic ring is 1. The number of anilines is 1. The minimum atomic E-state index is 0.424. The Morgan fingerprint density at radius 3 is 2.67 bits per heavy atom. The van der Waals surface area contributed by atoms with Crippen LogP contribution in [0.1, 0.15) is 16.8 Å². The maximum Gasteiger partial charge on any atom is 0.134 e. The summed E-state index contributed by atoms with van der Waals surface area (Å²) in [5.41, 5.74) is 8.96. The van der Waals surface area contributed by atoms with E-state index in [1.165, 1.54) is 5.56 Å². The zero-order valence-electron chi connectivity index (χ0n) is 10.7. The van der Waals surface area contributed by atoms with Crippen LogP contribution in [-0.2, 0) is 13.7 Å². The molecule has 2 rings (SSSR count). The third-order valence-corrected chi connectivity index (χ3v) is 3.47. The first kappa shape index (κ1) is 13.0. The first-order chi connectivity index (χ1) is 8.49. The van der Waals surface area contributed by atoms with E-state index in [9.17, 15) is 0 Å². The van der Waals surface area contributed by atoms with Crippen LogP contribution < -0.4 is 10.5 Å². The number of rotatable bonds is 3. The molecule has 0 aliphatic carbocycles. The van der Waals surface area contributed by atoms with Crippen LogP contribution in [0.15, 0.2) is 22.7 Å². The molecule has 1 heterocycles. The molecule has 0 aliphatic heterocycles. The molecule has 0 bridgehead atoms. The highest BCUT2D eigenvalue weighted by molar-refractivity contribution is 9.10. The minimum Gasteiger partial charge on any atom is -0.488 e. The quantitative estimate of drug-likeness (QED) is 0.948. The van der Waals surface area contributed by atoms with Crippen molar-refractivity contribution in [3.8, 4) is 5.75 Å². The number of hydrogen-bond acceptors (Lipinski definition) is 3. The highest BCUT2D eigenvalue weighted by atomic mass is 79.9. The van der Waals surface area contributed by atoms with Gasteiger partial charge in [0, 0.05) is 7.05 Å². The van der Waals surface area contributed by atoms with Gasteiger partial charge in [-0.3, -0.25) is 4.68 Å². The summed E-state index contributed by atoms with van der Waals surface area (Å²) in [5.74, 6) is 1.46. The molecule has 0 amide bonds. The molecule has 1 aromatic heterocycles. The topological polar surface area (TPSA) is 53.1 Å². The number of nitrogens with zero attached hydrogens (tertiary/aromatic N) is 2. The van der Waals surface area contributed by atoms with E-state index in [0.29, 0.717) is 12.4 Å². The molecule has 0 radical (unpaired) electrons. The predicted octanol–water partition coefficient (Wildman–Crippen LogP) is 2.96. The van der Waals surface area contributed by atoms with Gasteiger partial charge >= 0.3 is 0 Å². The summed E-state index contributed by atoms with van der Waals surface area (Å²) < 4.78 is 8.38. The molecule has 4 nitrogen and oxygen atoms in total. The summed E-state index contributed by atoms with van der Waals surface area (Å²) in [6.45, 7) is 4.39. The van der Waals surface area contributed by atoms with E-state index in [-0.39, 0.29) is 0 Å². The summed E-state index contributed by atoms with van der Waals surface area (Å²) in [4.78, 5) is 0. The second-order valence-electron chi connectivity index (χ2n) is 4.30. The van der Waals surface area contributed by atoms with Gasteiger partial charge in [-0.2, -0.15) is 5.10 Å². The van der Waals surface area contributed by atoms with Crippen molar-refractivity contribution >= 4 is 21.7 Å². The van der Waals surface area contributed by atoms with E-state index >= 15 is 0 Å². The molecule has 18 heavy (non-hydrogen) atoms. The molecule has 5 heteroatoms. The van der Waals surface area contributed by atoms with Crippen molar-refractivity contribution in [3.05, 3.63) is 39.5 Å². The van der Waals surface area contributed by atoms with Gasteiger partial charge in [0.1, 0.15) is 18.2 Å². The molecule has 2 N–H and O–H groups in total. The zero-order chi connectivity index (χ0) is 13.3. The largest absolute Gasteiger partial charge is 0.488 e. The first-order valence-electron chi connectivity index (χ1n) is 5.66. The molecule has 0 saturated carbocycles. The van der Waals surface area contributed by atoms with E-state index in [1.807, 2.05) is 39.1 Å². The van der Waals surface area contributed by atoms with E-state index in [2.05, 4.69) is 21.0 Å². The molecule has 0 atom stereocenters. The monoisotopic (exact) mass is 309 g/mol. The van der Waals surface area contributed by atoms with Gasteiger partial charge in [0.25, 0.3) is 0 Å². The number of halogens is 1. The molecule has 96 valence electrons. The lowest BCUT2D eigenvalue weighted by Gasteiger charge is -2.09. The Morgan fingerprint density at radius 2 is 2.11 bits per heavy atom. The SMILES string of the molecule is Cc1ccc(OCc2c(C)nn(C)c2N)c(Br)c1. The van der Waals surface area contributed by atoms with Gasteiger partial charge in [0.05, 0.1) is 15.7 Å². The van der Waals surface area contributed by atoms with Gasteiger partial charge in [0.2, 0.25) is 0 Å². The Hall–Kier alpha value is -1.49. The molecule has 1 aromatic carbocycles. The maximum atomic E-state index is 5.94. The molecule has 0 fully saturated rings. The van der Waals surface area contributed by atoms with E-state index < -0.39 is 0 Å². The molecule has 2 aromatic rings. The Kier molecular flexibility index (Phi) is 3.61. The summed E-state index contributed by atoms with van der Waals surface area (Å²) in [6, 6.07) is 5.98. The molecule has 0 spiro atoms. The average Bonchev–Trinajstić information content (AvgIpc) is 2.53. The lowest BCUT2D eigenvalue weighted by Crippen LogP contribution is -2.02. The van der Waals surface area contributed by atoms with Gasteiger partial charge in [-0.05, 0) is 47.5 Å². The molecular formula is C13H16BrN3O. The van der Waals surface area contributed by atoms with Gasteiger partial charge in [0.15, 0.2) is 0 Å². The third-order valence-electron chi connectivity index (χ3n) is 2.85. The van der Waals surface area contributed by atoms with Crippen LogP contribution in [0.5, 0.6) is 5.75 Å². The summed E-state index contributed by atoms with van der Waals surface area (Å²) >= 11 is 3.49. The number of nitrogens with two attached hydrogens (primary N) is 1. The summed E-state index contributed by atoms with van der Waals surface area (Å²) in [5, 5.41) is 4.26. The average molecular weight is 310 g/mol. The Bertz CT molecular complexity index is 578. The molecule has 0 aliphatic rings. The van der Waals surface area contributed by atoms with Gasteiger partial charge < -0.3 is 10.5 Å². The van der Waals surface area contributed by atoms with Crippen molar-refractivity contribution < 1.29 is 4.74 Å². The number of hydrogen-bond donors (Lipinski definition) is 1. The lowest BCUT2D eigenvalue weighted by molar-refractivity contribution is 0.304. The normalized spacial score (nSPS) is 10.7. The Labute approximate surface area is 115 Å². The molecular weight excluding hydrogens is 294 g/mol. The zero-order valence-corrected chi connectivity index (χ0v) is 12.3. The second-order valence-corrected chi connectivity index (χ2v) is 5.15. The van der Waals surface area contributed by atoms with Crippen molar-refractivity contribution in [1.29, 1.82) is 0 Å². The number of benzene rings is 1. The Balaban J connectivity index is 2.16. The summed E-state index contributed by atoms with van der Waals surface area (Å²) in [6.07, 6.45) is 0. The van der Waals surface area contributed by atoms with Crippen molar-refractivity contribution in [2.24, 2.45) is 7.05 Å². The van der Waals surface area contributed by atoms with Crippen LogP contribution in [0.2, 0.25) is 0 Å². The van der Waals surface area contributed by atoms with E-state index in [1.54, 1.807) is 4.68 Å². The van der Waals surface area contributed by atoms with Crippen LogP contribution in [0.3, 0.4) is 0 Å². The molecule has 0 saturated heterocycles. The number of aryl methyl sites for hydroxylation is 3. The highest BCUT2D eigenvalue weighted by Gasteiger charge is 2.11. The van der Waals surface area contributed by atoms with Crippen molar-refractivity contribution in [3.63, 3.8) is 0 Å². The molecule has 0 unspecified atom stereocenters. The van der Waals surface area contributed by atoms with Crippen molar-refractivity contribution in [1.82, 2.24) is 9.78 Å². The van der Waals surface area contributed by atoms with Gasteiger partial charge in [-0.1, -0.05) is 6.07 Å². The fourth-order valence-corrected chi connectivity index (χ4v) is 2.38. The lowest BCUT2D eigenvalue weighted by atomic mass is 10.2. The minimum absolute atomic E-state index is 0.424. The number of aromatic nitrogens is 2. The van der Waals surface area contributed by atoms with E-state index in [4.69, 9.17) is 10.5 Å². The Morgan fingerprint density at radius 1 is 1.39 bits per heavy atom. The van der Waals surface area contributed by atoms with Crippen LogP contribution >= 0.6 is 15.9 Å². The number of ether oxygens (including phenoxy) is 1. The van der Waals surface area contributed by atoms with Crippen LogP contribution in [0, 0.1) is 13.8 Å². The predicted molar refractivity (Wildman–Crippen MR) is 75.6 cm³/mol. The third kappa shape index (κ3) is 2.51. The second kappa shape index (κ2) is 5.02. The smallest absolute Gasteiger partial charge is 0.134 e. The van der Waals surface area contributed by atoms with Crippen molar-refractivity contribution in [2.75, 3.05) is 5.73 Å². The van der Waals surface area contributed by atoms with Gasteiger partial charge in [-0.15, -0.1) is 0 Å². The van der Waals surface area contributed by atoms with Crippen molar-refractivity contribution in [2.45, 2.75) is 20.5 Å². The van der Waals surface area contributed by atoms with Gasteiger partial charge in [-0.25, -0.2) is 0 Å². The fourth-order valence-electron chi connectivity index (χ4n) is 1.77. The van der Waals surface area contributed by atoms with Crippen LogP contribution in [0.4, 0.5) is 5.82 Å².